The third-order valence-electron chi connectivity index (χ3n) is 3.73. The Labute approximate surface area is 127 Å². The highest BCUT2D eigenvalue weighted by Gasteiger charge is 2.12. The molecular weight excluding hydrogens is 276 g/mol. The highest BCUT2D eigenvalue weighted by molar-refractivity contribution is 5.92. The molecule has 108 valence electrons. The summed E-state index contributed by atoms with van der Waals surface area (Å²) in [5, 5.41) is 14.9. The van der Waals surface area contributed by atoms with Crippen LogP contribution in [0.2, 0.25) is 0 Å². The van der Waals surface area contributed by atoms with E-state index in [1.807, 2.05) is 30.3 Å². The Morgan fingerprint density at radius 1 is 0.909 bits per heavy atom. The van der Waals surface area contributed by atoms with Gasteiger partial charge in [0.25, 0.3) is 0 Å². The van der Waals surface area contributed by atoms with Crippen molar-refractivity contribution in [3.05, 3.63) is 65.9 Å². The zero-order chi connectivity index (χ0) is 15.1. The number of hydrazine groups is 1. The largest absolute Gasteiger partial charge is 0.739 e. The van der Waals surface area contributed by atoms with Crippen molar-refractivity contribution in [3.63, 3.8) is 0 Å². The van der Waals surface area contributed by atoms with Gasteiger partial charge in [0.1, 0.15) is 0 Å². The lowest BCUT2D eigenvalue weighted by molar-refractivity contribution is 0.900. The highest BCUT2D eigenvalue weighted by Crippen LogP contribution is 2.35. The summed E-state index contributed by atoms with van der Waals surface area (Å²) in [6.07, 6.45) is 0. The average molecular weight is 289 g/mol. The van der Waals surface area contributed by atoms with E-state index in [0.29, 0.717) is 16.5 Å². The smallest absolute Gasteiger partial charge is 0.212 e. The van der Waals surface area contributed by atoms with Crippen LogP contribution < -0.4 is 16.3 Å². The lowest BCUT2D eigenvalue weighted by Gasteiger charge is -2.35. The van der Waals surface area contributed by atoms with Gasteiger partial charge < -0.3 is 16.1 Å². The fourth-order valence-electron chi connectivity index (χ4n) is 2.65. The van der Waals surface area contributed by atoms with E-state index in [1.165, 1.54) is 5.39 Å². The van der Waals surface area contributed by atoms with E-state index in [2.05, 4.69) is 34.7 Å². The summed E-state index contributed by atoms with van der Waals surface area (Å²) in [5.74, 6) is 0.0981. The minimum atomic E-state index is 0.0981. The Kier molecular flexibility index (Phi) is 2.74. The van der Waals surface area contributed by atoms with E-state index in [1.54, 1.807) is 6.07 Å². The van der Waals surface area contributed by atoms with Gasteiger partial charge in [-0.2, -0.15) is 0 Å². The number of nitrogens with one attached hydrogen (secondary N) is 1. The second-order valence-corrected chi connectivity index (χ2v) is 5.17. The first-order chi connectivity index (χ1) is 10.7. The van der Waals surface area contributed by atoms with Crippen molar-refractivity contribution in [2.24, 2.45) is 10.7 Å². The molecule has 1 aliphatic heterocycles. The van der Waals surface area contributed by atoms with Crippen molar-refractivity contribution in [3.8, 4) is 11.1 Å². The van der Waals surface area contributed by atoms with Gasteiger partial charge in [-0.05, 0) is 40.1 Å². The predicted octanol–water partition coefficient (Wildman–Crippen LogP) is 3.28. The SMILES string of the molecule is NC1=Nc2ccc(-c3ccc4ccccc4c3)cc2N([O-])N1. The number of benzene rings is 3. The first-order valence-corrected chi connectivity index (χ1v) is 6.92. The van der Waals surface area contributed by atoms with Crippen LogP contribution in [0.3, 0.4) is 0 Å². The van der Waals surface area contributed by atoms with Crippen LogP contribution >= 0.6 is 0 Å². The number of hydrogen-bond donors (Lipinski definition) is 2. The number of aliphatic imine (C=N–C) groups is 1. The molecule has 3 aromatic rings. The van der Waals surface area contributed by atoms with Crippen LogP contribution in [0, 0.1) is 5.21 Å². The van der Waals surface area contributed by atoms with Crippen LogP contribution in [0.5, 0.6) is 0 Å². The number of rotatable bonds is 1. The van der Waals surface area contributed by atoms with E-state index in [9.17, 15) is 5.21 Å². The Morgan fingerprint density at radius 3 is 2.50 bits per heavy atom. The van der Waals surface area contributed by atoms with Gasteiger partial charge in [0.15, 0.2) is 0 Å². The van der Waals surface area contributed by atoms with Crippen molar-refractivity contribution in [1.29, 1.82) is 0 Å². The molecule has 0 fully saturated rings. The summed E-state index contributed by atoms with van der Waals surface area (Å²) in [6, 6.07) is 20.0. The van der Waals surface area contributed by atoms with Crippen LogP contribution in [-0.2, 0) is 0 Å². The number of guanidine groups is 1. The number of fused-ring (bicyclic) bond motifs is 2. The first kappa shape index (κ1) is 12.7. The molecule has 3 aromatic carbocycles. The van der Waals surface area contributed by atoms with E-state index >= 15 is 0 Å². The third kappa shape index (κ3) is 2.04. The van der Waals surface area contributed by atoms with Crippen LogP contribution in [-0.4, -0.2) is 5.96 Å². The summed E-state index contributed by atoms with van der Waals surface area (Å²) in [6.45, 7) is 0. The fourth-order valence-corrected chi connectivity index (χ4v) is 2.65. The number of nitrogens with two attached hydrogens (primary N) is 1. The molecule has 0 bridgehead atoms. The topological polar surface area (TPSA) is 76.7 Å². The molecule has 0 spiro atoms. The standard InChI is InChI=1S/C17H13N4O/c18-17-19-15-8-7-14(10-16(15)21(22)20-17)13-6-5-11-3-1-2-4-12(11)9-13/h1-10H,(H3,18,19,20)/q-1. The van der Waals surface area contributed by atoms with Crippen LogP contribution in [0.4, 0.5) is 11.4 Å². The van der Waals surface area contributed by atoms with Crippen molar-refractivity contribution >= 4 is 28.1 Å². The molecular formula is C17H13N4O-. The average Bonchev–Trinajstić information content (AvgIpc) is 2.54. The minimum absolute atomic E-state index is 0.0981. The Balaban J connectivity index is 1.84. The van der Waals surface area contributed by atoms with Crippen LogP contribution in [0.15, 0.2) is 65.7 Å². The van der Waals surface area contributed by atoms with Gasteiger partial charge in [-0.25, -0.2) is 4.99 Å². The van der Waals surface area contributed by atoms with Gasteiger partial charge in [-0.15, -0.1) is 0 Å². The summed E-state index contributed by atoms with van der Waals surface area (Å²) in [4.78, 5) is 4.12. The fraction of sp³-hybridized carbons (Fsp3) is 0. The lowest BCUT2D eigenvalue weighted by atomic mass is 10.0. The van der Waals surface area contributed by atoms with Crippen molar-refractivity contribution in [2.75, 3.05) is 5.17 Å². The molecule has 0 amide bonds. The Morgan fingerprint density at radius 2 is 1.64 bits per heavy atom. The van der Waals surface area contributed by atoms with E-state index in [0.717, 1.165) is 16.5 Å². The molecule has 0 atom stereocenters. The summed E-state index contributed by atoms with van der Waals surface area (Å²) < 4.78 is 0. The lowest BCUT2D eigenvalue weighted by Crippen LogP contribution is -2.44. The predicted molar refractivity (Wildman–Crippen MR) is 89.6 cm³/mol. The molecule has 0 unspecified atom stereocenters. The van der Waals surface area contributed by atoms with E-state index in [4.69, 9.17) is 5.73 Å². The summed E-state index contributed by atoms with van der Waals surface area (Å²) in [7, 11) is 0. The molecule has 3 N–H and O–H groups in total. The van der Waals surface area contributed by atoms with Crippen molar-refractivity contribution in [2.45, 2.75) is 0 Å². The Bertz CT molecular complexity index is 904. The maximum Gasteiger partial charge on any atom is 0.212 e. The zero-order valence-electron chi connectivity index (χ0n) is 11.7. The molecule has 0 saturated carbocycles. The first-order valence-electron chi connectivity index (χ1n) is 6.92. The van der Waals surface area contributed by atoms with Gasteiger partial charge in [-0.1, -0.05) is 42.5 Å². The summed E-state index contributed by atoms with van der Waals surface area (Å²) >= 11 is 0. The monoisotopic (exact) mass is 289 g/mol. The normalized spacial score (nSPS) is 13.5. The third-order valence-corrected chi connectivity index (χ3v) is 3.73. The van der Waals surface area contributed by atoms with Gasteiger partial charge in [0.05, 0.1) is 11.4 Å². The zero-order valence-corrected chi connectivity index (χ0v) is 11.7. The molecule has 1 heterocycles. The van der Waals surface area contributed by atoms with E-state index < -0.39 is 0 Å². The van der Waals surface area contributed by atoms with Gasteiger partial charge in [0, 0.05) is 0 Å². The second kappa shape index (κ2) is 4.75. The minimum Gasteiger partial charge on any atom is -0.739 e. The van der Waals surface area contributed by atoms with Gasteiger partial charge in [0.2, 0.25) is 5.96 Å². The number of nitrogens with zero attached hydrogens (tertiary/aromatic N) is 2. The molecule has 0 radical (unpaired) electrons. The van der Waals surface area contributed by atoms with Crippen LogP contribution in [0.25, 0.3) is 21.9 Å². The Hall–Kier alpha value is -3.05. The quantitative estimate of drug-likeness (QED) is 0.720. The van der Waals surface area contributed by atoms with E-state index in [-0.39, 0.29) is 5.96 Å². The molecule has 4 rings (SSSR count). The number of anilines is 1. The molecule has 0 aliphatic carbocycles. The molecule has 5 heteroatoms. The van der Waals surface area contributed by atoms with Gasteiger partial charge >= 0.3 is 0 Å². The highest BCUT2D eigenvalue weighted by atomic mass is 16.5. The molecule has 0 saturated heterocycles. The van der Waals surface area contributed by atoms with Crippen LogP contribution in [0.1, 0.15) is 0 Å². The second-order valence-electron chi connectivity index (χ2n) is 5.17. The molecule has 22 heavy (non-hydrogen) atoms. The number of hydrogen-bond acceptors (Lipinski definition) is 5. The molecule has 1 aliphatic rings. The molecule has 0 aromatic heterocycles. The maximum absolute atomic E-state index is 11.9. The maximum atomic E-state index is 11.9. The van der Waals surface area contributed by atoms with Crippen molar-refractivity contribution < 1.29 is 0 Å². The summed E-state index contributed by atoms with van der Waals surface area (Å²) in [5.41, 5.74) is 11.0. The van der Waals surface area contributed by atoms with Gasteiger partial charge in [-0.3, -0.25) is 5.43 Å². The molecule has 5 nitrogen and oxygen atoms in total. The van der Waals surface area contributed by atoms with Crippen molar-refractivity contribution in [1.82, 2.24) is 5.43 Å².